The molecule has 1 unspecified atom stereocenters. The molecule has 5 heteroatoms. The van der Waals surface area contributed by atoms with E-state index in [1.165, 1.54) is 12.1 Å². The summed E-state index contributed by atoms with van der Waals surface area (Å²) in [6, 6.07) is 10.0. The van der Waals surface area contributed by atoms with Crippen molar-refractivity contribution in [2.45, 2.75) is 13.0 Å². The van der Waals surface area contributed by atoms with Crippen LogP contribution in [0.15, 0.2) is 40.9 Å². The third-order valence-corrected chi connectivity index (χ3v) is 3.82. The van der Waals surface area contributed by atoms with Crippen LogP contribution in [0.3, 0.4) is 0 Å². The first kappa shape index (κ1) is 15.8. The Morgan fingerprint density at radius 3 is 2.71 bits per heavy atom. The minimum absolute atomic E-state index is 0.296. The monoisotopic (exact) mass is 353 g/mol. The first-order chi connectivity index (χ1) is 10.0. The van der Waals surface area contributed by atoms with Crippen LogP contribution in [0.1, 0.15) is 17.2 Å². The number of hydrogen-bond acceptors (Lipinski definition) is 3. The maximum absolute atomic E-state index is 13.0. The van der Waals surface area contributed by atoms with Crippen LogP contribution in [0.2, 0.25) is 0 Å². The number of nitrogens with one attached hydrogen (secondary N) is 1. The lowest BCUT2D eigenvalue weighted by molar-refractivity contribution is 0.187. The van der Waals surface area contributed by atoms with Gasteiger partial charge in [0.2, 0.25) is 0 Å². The quantitative estimate of drug-likeness (QED) is 0.851. The third-order valence-electron chi connectivity index (χ3n) is 3.16. The first-order valence-electron chi connectivity index (χ1n) is 6.53. The van der Waals surface area contributed by atoms with Crippen molar-refractivity contribution in [1.29, 1.82) is 0 Å². The maximum Gasteiger partial charge on any atom is 0.124 e. The first-order valence-corrected chi connectivity index (χ1v) is 7.32. The van der Waals surface area contributed by atoms with Crippen LogP contribution in [-0.2, 0) is 0 Å². The number of anilines is 1. The lowest BCUT2D eigenvalue weighted by Gasteiger charge is -2.17. The summed E-state index contributed by atoms with van der Waals surface area (Å²) in [4.78, 5) is 0. The SMILES string of the molecule is COc1ccc(C)cc1C(O)CNc1ccc(F)cc1Br. The number of aryl methyl sites for hydroxylation is 1. The Morgan fingerprint density at radius 1 is 1.29 bits per heavy atom. The fraction of sp³-hybridized carbons (Fsp3) is 0.250. The van der Waals surface area contributed by atoms with E-state index < -0.39 is 6.10 Å². The van der Waals surface area contributed by atoms with Crippen molar-refractivity contribution in [3.63, 3.8) is 0 Å². The van der Waals surface area contributed by atoms with Gasteiger partial charge in [-0.25, -0.2) is 4.39 Å². The Bertz CT molecular complexity index is 634. The molecule has 3 nitrogen and oxygen atoms in total. The molecule has 21 heavy (non-hydrogen) atoms. The van der Waals surface area contributed by atoms with Gasteiger partial charge in [-0.1, -0.05) is 11.6 Å². The zero-order valence-corrected chi connectivity index (χ0v) is 13.4. The van der Waals surface area contributed by atoms with Crippen molar-refractivity contribution in [2.24, 2.45) is 0 Å². The predicted octanol–water partition coefficient (Wildman–Crippen LogP) is 4.05. The summed E-state index contributed by atoms with van der Waals surface area (Å²) in [6.45, 7) is 2.25. The Balaban J connectivity index is 2.11. The molecule has 0 radical (unpaired) electrons. The molecule has 0 fully saturated rings. The molecule has 0 amide bonds. The summed E-state index contributed by atoms with van der Waals surface area (Å²) >= 11 is 3.28. The van der Waals surface area contributed by atoms with Crippen LogP contribution in [0.4, 0.5) is 10.1 Å². The molecule has 0 aliphatic rings. The molecule has 0 saturated heterocycles. The van der Waals surface area contributed by atoms with E-state index in [0.717, 1.165) is 16.8 Å². The molecule has 0 aliphatic heterocycles. The summed E-state index contributed by atoms with van der Waals surface area (Å²) < 4.78 is 18.9. The van der Waals surface area contributed by atoms with Gasteiger partial charge >= 0.3 is 0 Å². The van der Waals surface area contributed by atoms with Gasteiger partial charge in [-0.05, 0) is 53.2 Å². The molecule has 112 valence electrons. The minimum Gasteiger partial charge on any atom is -0.496 e. The lowest BCUT2D eigenvalue weighted by atomic mass is 10.1. The molecule has 0 aromatic heterocycles. The molecule has 0 bridgehead atoms. The third kappa shape index (κ3) is 3.95. The average Bonchev–Trinajstić information content (AvgIpc) is 2.46. The van der Waals surface area contributed by atoms with E-state index in [4.69, 9.17) is 4.74 Å². The van der Waals surface area contributed by atoms with Crippen molar-refractivity contribution in [1.82, 2.24) is 0 Å². The lowest BCUT2D eigenvalue weighted by Crippen LogP contribution is -2.13. The van der Waals surface area contributed by atoms with Crippen LogP contribution in [0.25, 0.3) is 0 Å². The summed E-state index contributed by atoms with van der Waals surface area (Å²) in [7, 11) is 1.57. The van der Waals surface area contributed by atoms with E-state index in [1.807, 2.05) is 25.1 Å². The zero-order chi connectivity index (χ0) is 15.4. The van der Waals surface area contributed by atoms with Gasteiger partial charge in [0.15, 0.2) is 0 Å². The average molecular weight is 354 g/mol. The maximum atomic E-state index is 13.0. The van der Waals surface area contributed by atoms with Crippen molar-refractivity contribution in [2.75, 3.05) is 19.0 Å². The van der Waals surface area contributed by atoms with E-state index in [9.17, 15) is 9.50 Å². The molecule has 2 aromatic rings. The summed E-state index contributed by atoms with van der Waals surface area (Å²) in [5, 5.41) is 13.4. The molecule has 2 N–H and O–H groups in total. The normalized spacial score (nSPS) is 12.0. The molecule has 2 rings (SSSR count). The van der Waals surface area contributed by atoms with E-state index in [0.29, 0.717) is 16.8 Å². The molecule has 0 heterocycles. The fourth-order valence-corrected chi connectivity index (χ4v) is 2.55. The molecule has 0 aliphatic carbocycles. The second-order valence-corrected chi connectivity index (χ2v) is 5.62. The Kier molecular flexibility index (Phi) is 5.20. The van der Waals surface area contributed by atoms with Crippen LogP contribution in [-0.4, -0.2) is 18.8 Å². The van der Waals surface area contributed by atoms with Gasteiger partial charge in [0.1, 0.15) is 11.6 Å². The summed E-state index contributed by atoms with van der Waals surface area (Å²) in [6.07, 6.45) is -0.725. The smallest absolute Gasteiger partial charge is 0.124 e. The Morgan fingerprint density at radius 2 is 2.05 bits per heavy atom. The van der Waals surface area contributed by atoms with Crippen LogP contribution >= 0.6 is 15.9 Å². The number of rotatable bonds is 5. The van der Waals surface area contributed by atoms with Gasteiger partial charge in [-0.2, -0.15) is 0 Å². The van der Waals surface area contributed by atoms with Crippen LogP contribution in [0.5, 0.6) is 5.75 Å². The van der Waals surface area contributed by atoms with Crippen molar-refractivity contribution in [3.05, 3.63) is 57.8 Å². The number of benzene rings is 2. The van der Waals surface area contributed by atoms with Gasteiger partial charge in [-0.15, -0.1) is 0 Å². The second-order valence-electron chi connectivity index (χ2n) is 4.77. The number of halogens is 2. The van der Waals surface area contributed by atoms with Gasteiger partial charge in [0, 0.05) is 22.3 Å². The number of hydrogen-bond donors (Lipinski definition) is 2. The van der Waals surface area contributed by atoms with Crippen molar-refractivity contribution < 1.29 is 14.2 Å². The minimum atomic E-state index is -0.725. The summed E-state index contributed by atoms with van der Waals surface area (Å²) in [5.74, 6) is 0.335. The number of methoxy groups -OCH3 is 1. The molecule has 0 spiro atoms. The highest BCUT2D eigenvalue weighted by Gasteiger charge is 2.14. The number of ether oxygens (including phenoxy) is 1. The number of aliphatic hydroxyl groups excluding tert-OH is 1. The Hall–Kier alpha value is -1.59. The molecular formula is C16H17BrFNO2. The van der Waals surface area contributed by atoms with Gasteiger partial charge in [-0.3, -0.25) is 0 Å². The van der Waals surface area contributed by atoms with E-state index >= 15 is 0 Å². The fourth-order valence-electron chi connectivity index (χ4n) is 2.06. The van der Waals surface area contributed by atoms with Crippen molar-refractivity contribution in [3.8, 4) is 5.75 Å². The Labute approximate surface area is 131 Å². The highest BCUT2D eigenvalue weighted by Crippen LogP contribution is 2.28. The highest BCUT2D eigenvalue weighted by molar-refractivity contribution is 9.10. The molecular weight excluding hydrogens is 337 g/mol. The van der Waals surface area contributed by atoms with Gasteiger partial charge < -0.3 is 15.2 Å². The zero-order valence-electron chi connectivity index (χ0n) is 11.9. The summed E-state index contributed by atoms with van der Waals surface area (Å²) in [5.41, 5.74) is 2.50. The van der Waals surface area contributed by atoms with Crippen LogP contribution in [0, 0.1) is 12.7 Å². The van der Waals surface area contributed by atoms with E-state index in [2.05, 4.69) is 21.2 Å². The van der Waals surface area contributed by atoms with E-state index in [-0.39, 0.29) is 5.82 Å². The molecule has 1 atom stereocenters. The van der Waals surface area contributed by atoms with E-state index in [1.54, 1.807) is 13.2 Å². The second kappa shape index (κ2) is 6.91. The topological polar surface area (TPSA) is 41.5 Å². The van der Waals surface area contributed by atoms with Crippen molar-refractivity contribution >= 4 is 21.6 Å². The molecule has 2 aromatic carbocycles. The highest BCUT2D eigenvalue weighted by atomic mass is 79.9. The number of aliphatic hydroxyl groups is 1. The van der Waals surface area contributed by atoms with Gasteiger partial charge in [0.25, 0.3) is 0 Å². The predicted molar refractivity (Wildman–Crippen MR) is 85.3 cm³/mol. The molecule has 0 saturated carbocycles. The van der Waals surface area contributed by atoms with Gasteiger partial charge in [0.05, 0.1) is 13.2 Å². The standard InChI is InChI=1S/C16H17BrFNO2/c1-10-3-6-16(21-2)12(7-10)15(20)9-19-14-5-4-11(18)8-13(14)17/h3-8,15,19-20H,9H2,1-2H3. The largest absolute Gasteiger partial charge is 0.496 e. The van der Waals surface area contributed by atoms with Crippen LogP contribution < -0.4 is 10.1 Å².